The number of piperidine rings is 1. The van der Waals surface area contributed by atoms with Crippen LogP contribution < -0.4 is 16.2 Å². The molecule has 2 N–H and O–H groups in total. The molecule has 0 spiro atoms. The second kappa shape index (κ2) is 8.54. The lowest BCUT2D eigenvalue weighted by Crippen LogP contribution is -2.32. The summed E-state index contributed by atoms with van der Waals surface area (Å²) in [6, 6.07) is 2.36. The standard InChI is InChI=1S/C26H29F5N4O2/c1-12-23(26(12,30)31)35-11-17(19(8-20(35)36)33-22-15-9-34(4)10-16(15)22)24(37)32-13(2)14-6-5-7-18(21(14)27)25(3,28)29/h5-8,11-13,15-16,22-23,33H,9-10H2,1-4H3,(H,32,37)/t12-,13+,15-,16+,22+,23-/m0/s1. The number of alkyl halides is 4. The summed E-state index contributed by atoms with van der Waals surface area (Å²) in [5.41, 5.74) is -1.43. The molecule has 2 aromatic rings. The van der Waals surface area contributed by atoms with Crippen molar-refractivity contribution in [2.45, 2.75) is 50.7 Å². The van der Waals surface area contributed by atoms with E-state index in [1.165, 1.54) is 26.0 Å². The summed E-state index contributed by atoms with van der Waals surface area (Å²) >= 11 is 0. The number of hydrogen-bond acceptors (Lipinski definition) is 4. The van der Waals surface area contributed by atoms with Crippen molar-refractivity contribution in [3.8, 4) is 0 Å². The van der Waals surface area contributed by atoms with Crippen LogP contribution in [0.2, 0.25) is 0 Å². The van der Waals surface area contributed by atoms with Crippen LogP contribution in [0.3, 0.4) is 0 Å². The van der Waals surface area contributed by atoms with Gasteiger partial charge in [0.1, 0.15) is 11.9 Å². The third-order valence-corrected chi connectivity index (χ3v) is 8.01. The number of anilines is 1. The number of amides is 1. The van der Waals surface area contributed by atoms with Gasteiger partial charge in [0.05, 0.1) is 22.9 Å². The number of hydrogen-bond donors (Lipinski definition) is 2. The highest BCUT2D eigenvalue weighted by molar-refractivity contribution is 5.99. The van der Waals surface area contributed by atoms with Crippen LogP contribution in [-0.2, 0) is 5.92 Å². The van der Waals surface area contributed by atoms with Crippen LogP contribution in [-0.4, -0.2) is 47.5 Å². The molecule has 3 aliphatic rings. The largest absolute Gasteiger partial charge is 0.381 e. The van der Waals surface area contributed by atoms with Crippen molar-refractivity contribution in [2.24, 2.45) is 17.8 Å². The molecule has 200 valence electrons. The SMILES string of the molecule is C[C@@H](NC(=O)c1cn([C@H]2[C@H](C)C2(F)F)c(=O)cc1N[C@H]1[C@@H]2CN(C)C[C@@H]21)c1cccc(C(C)(F)F)c1F. The minimum absolute atomic E-state index is 0.0395. The van der Waals surface area contributed by atoms with E-state index >= 15 is 0 Å². The molecule has 1 aromatic heterocycles. The predicted molar refractivity (Wildman–Crippen MR) is 128 cm³/mol. The zero-order valence-electron chi connectivity index (χ0n) is 20.9. The number of pyridine rings is 1. The number of benzene rings is 1. The fourth-order valence-electron chi connectivity index (χ4n) is 5.66. The van der Waals surface area contributed by atoms with Crippen LogP contribution >= 0.6 is 0 Å². The number of likely N-dealkylation sites (tertiary alicyclic amines) is 1. The van der Waals surface area contributed by atoms with Crippen molar-refractivity contribution in [3.63, 3.8) is 0 Å². The summed E-state index contributed by atoms with van der Waals surface area (Å²) < 4.78 is 71.6. The number of carbonyl (C=O) groups is 1. The first kappa shape index (κ1) is 25.7. The molecule has 2 aliphatic carbocycles. The maximum atomic E-state index is 14.9. The fourth-order valence-corrected chi connectivity index (χ4v) is 5.66. The molecule has 6 atom stereocenters. The molecule has 0 bridgehead atoms. The summed E-state index contributed by atoms with van der Waals surface area (Å²) in [4.78, 5) is 28.3. The van der Waals surface area contributed by atoms with Crippen molar-refractivity contribution >= 4 is 11.6 Å². The first-order valence-electron chi connectivity index (χ1n) is 12.3. The highest BCUT2D eigenvalue weighted by Gasteiger charge is 2.67. The highest BCUT2D eigenvalue weighted by Crippen LogP contribution is 2.58. The van der Waals surface area contributed by atoms with Crippen LogP contribution in [0, 0.1) is 23.6 Å². The zero-order chi connectivity index (χ0) is 27.0. The average Bonchev–Trinajstić information content (AvgIpc) is 3.47. The average molecular weight is 525 g/mol. The lowest BCUT2D eigenvalue weighted by atomic mass is 10.0. The molecule has 1 saturated heterocycles. The second-order valence-corrected chi connectivity index (χ2v) is 10.8. The van der Waals surface area contributed by atoms with Gasteiger partial charge >= 0.3 is 0 Å². The van der Waals surface area contributed by atoms with Gasteiger partial charge in [-0.1, -0.05) is 25.1 Å². The van der Waals surface area contributed by atoms with Gasteiger partial charge in [0.15, 0.2) is 0 Å². The monoisotopic (exact) mass is 524 g/mol. The van der Waals surface area contributed by atoms with E-state index in [0.29, 0.717) is 18.8 Å². The Labute approximate surface area is 210 Å². The van der Waals surface area contributed by atoms with Crippen LogP contribution in [0.25, 0.3) is 0 Å². The maximum absolute atomic E-state index is 14.9. The molecule has 0 unspecified atom stereocenters. The van der Waals surface area contributed by atoms with E-state index in [-0.39, 0.29) is 22.9 Å². The zero-order valence-corrected chi connectivity index (χ0v) is 20.9. The fraction of sp³-hybridized carbons (Fsp3) is 0.538. The topological polar surface area (TPSA) is 66.4 Å². The van der Waals surface area contributed by atoms with Crippen LogP contribution in [0.1, 0.15) is 54.3 Å². The summed E-state index contributed by atoms with van der Waals surface area (Å²) in [6.45, 7) is 5.07. The van der Waals surface area contributed by atoms with Gasteiger partial charge < -0.3 is 20.1 Å². The van der Waals surface area contributed by atoms with Gasteiger partial charge in [-0.3, -0.25) is 9.59 Å². The number of aromatic nitrogens is 1. The molecule has 3 fully saturated rings. The Balaban J connectivity index is 1.45. The Morgan fingerprint density at radius 3 is 2.41 bits per heavy atom. The van der Waals surface area contributed by atoms with E-state index in [1.807, 2.05) is 7.05 Å². The van der Waals surface area contributed by atoms with E-state index in [9.17, 15) is 31.5 Å². The van der Waals surface area contributed by atoms with Gasteiger partial charge in [-0.25, -0.2) is 22.0 Å². The van der Waals surface area contributed by atoms with Crippen molar-refractivity contribution in [2.75, 3.05) is 25.5 Å². The number of rotatable bonds is 7. The Hall–Kier alpha value is -2.95. The summed E-state index contributed by atoms with van der Waals surface area (Å²) in [6.07, 6.45) is 1.12. The molecule has 1 aliphatic heterocycles. The molecule has 1 aromatic carbocycles. The summed E-state index contributed by atoms with van der Waals surface area (Å²) in [5, 5.41) is 5.83. The van der Waals surface area contributed by atoms with Gasteiger partial charge in [0.25, 0.3) is 23.3 Å². The Kier molecular flexibility index (Phi) is 5.93. The van der Waals surface area contributed by atoms with Crippen LogP contribution in [0.5, 0.6) is 0 Å². The number of nitrogens with zero attached hydrogens (tertiary/aromatic N) is 2. The van der Waals surface area contributed by atoms with Crippen LogP contribution in [0.15, 0.2) is 35.3 Å². The molecule has 2 heterocycles. The van der Waals surface area contributed by atoms with E-state index < -0.39 is 52.7 Å². The third-order valence-electron chi connectivity index (χ3n) is 8.01. The predicted octanol–water partition coefficient (Wildman–Crippen LogP) is 4.39. The number of fused-ring (bicyclic) bond motifs is 1. The smallest absolute Gasteiger partial charge is 0.273 e. The van der Waals surface area contributed by atoms with Crippen molar-refractivity contribution in [1.82, 2.24) is 14.8 Å². The number of halogens is 5. The van der Waals surface area contributed by atoms with Crippen molar-refractivity contribution < 1.29 is 26.7 Å². The maximum Gasteiger partial charge on any atom is 0.273 e. The van der Waals surface area contributed by atoms with Gasteiger partial charge in [0, 0.05) is 49.8 Å². The summed E-state index contributed by atoms with van der Waals surface area (Å²) in [5.74, 6) is -8.73. The molecular formula is C26H29F5N4O2. The van der Waals surface area contributed by atoms with E-state index in [4.69, 9.17) is 0 Å². The Bertz CT molecular complexity index is 1290. The van der Waals surface area contributed by atoms with Crippen molar-refractivity contribution in [3.05, 3.63) is 63.3 Å². The van der Waals surface area contributed by atoms with Gasteiger partial charge in [-0.2, -0.15) is 0 Å². The minimum atomic E-state index is -3.42. The molecule has 2 saturated carbocycles. The second-order valence-electron chi connectivity index (χ2n) is 10.8. The van der Waals surface area contributed by atoms with E-state index in [1.54, 1.807) is 0 Å². The molecular weight excluding hydrogens is 495 g/mol. The molecule has 11 heteroatoms. The molecule has 0 radical (unpaired) electrons. The van der Waals surface area contributed by atoms with E-state index in [0.717, 1.165) is 36.0 Å². The molecule has 6 nitrogen and oxygen atoms in total. The first-order valence-corrected chi connectivity index (χ1v) is 12.3. The van der Waals surface area contributed by atoms with Crippen molar-refractivity contribution in [1.29, 1.82) is 0 Å². The number of nitrogens with one attached hydrogen (secondary N) is 2. The Morgan fingerprint density at radius 1 is 1.22 bits per heavy atom. The molecule has 37 heavy (non-hydrogen) atoms. The van der Waals surface area contributed by atoms with Gasteiger partial charge in [-0.15, -0.1) is 0 Å². The summed E-state index contributed by atoms with van der Waals surface area (Å²) in [7, 11) is 2.00. The third kappa shape index (κ3) is 4.41. The normalized spacial score (nSPS) is 28.9. The number of carbonyl (C=O) groups excluding carboxylic acids is 1. The quantitative estimate of drug-likeness (QED) is 0.528. The van der Waals surface area contributed by atoms with Gasteiger partial charge in [0.2, 0.25) is 0 Å². The lowest BCUT2D eigenvalue weighted by Gasteiger charge is -2.21. The minimum Gasteiger partial charge on any atom is -0.381 e. The molecule has 5 rings (SSSR count). The van der Waals surface area contributed by atoms with Gasteiger partial charge in [-0.05, 0) is 25.8 Å². The van der Waals surface area contributed by atoms with E-state index in [2.05, 4.69) is 15.5 Å². The Morgan fingerprint density at radius 2 is 1.84 bits per heavy atom. The van der Waals surface area contributed by atoms with Crippen LogP contribution in [0.4, 0.5) is 27.6 Å². The molecule has 1 amide bonds. The first-order chi connectivity index (χ1) is 17.2. The highest BCUT2D eigenvalue weighted by atomic mass is 19.3. The lowest BCUT2D eigenvalue weighted by molar-refractivity contribution is 0.0135.